The van der Waals surface area contributed by atoms with Crippen LogP contribution in [-0.4, -0.2) is 27.9 Å². The summed E-state index contributed by atoms with van der Waals surface area (Å²) in [6.07, 6.45) is 0.431. The summed E-state index contributed by atoms with van der Waals surface area (Å²) in [7, 11) is 0. The van der Waals surface area contributed by atoms with Gasteiger partial charge in [-0.3, -0.25) is 4.79 Å². The summed E-state index contributed by atoms with van der Waals surface area (Å²) < 4.78 is 42.4. The quantitative estimate of drug-likeness (QED) is 0.617. The van der Waals surface area contributed by atoms with E-state index >= 15 is 0 Å². The van der Waals surface area contributed by atoms with Crippen LogP contribution >= 0.6 is 0 Å². The molecule has 1 aromatic carbocycles. The van der Waals surface area contributed by atoms with Crippen LogP contribution in [0.4, 0.5) is 19.0 Å². The molecule has 4 rings (SSSR count). The van der Waals surface area contributed by atoms with Gasteiger partial charge in [-0.2, -0.15) is 18.3 Å². The number of carbonyl (C=O) groups excluding carboxylic acids is 1. The number of halogens is 3. The van der Waals surface area contributed by atoms with Crippen LogP contribution in [0.2, 0.25) is 0 Å². The molecule has 2 heterocycles. The second-order valence-electron chi connectivity index (χ2n) is 10.1. The Hall–Kier alpha value is -2.51. The summed E-state index contributed by atoms with van der Waals surface area (Å²) in [4.78, 5) is 13.0. The van der Waals surface area contributed by atoms with Gasteiger partial charge in [-0.15, -0.1) is 0 Å². The number of amides is 1. The van der Waals surface area contributed by atoms with Gasteiger partial charge in [0, 0.05) is 12.5 Å². The fraction of sp³-hybridized carbons (Fsp3) is 0.583. The van der Waals surface area contributed by atoms with E-state index in [1.165, 1.54) is 6.20 Å². The van der Waals surface area contributed by atoms with Gasteiger partial charge in [0.1, 0.15) is 11.4 Å². The van der Waals surface area contributed by atoms with E-state index < -0.39 is 18.3 Å². The van der Waals surface area contributed by atoms with Crippen molar-refractivity contribution in [3.05, 3.63) is 47.7 Å². The third kappa shape index (κ3) is 4.64. The Labute approximate surface area is 186 Å². The van der Waals surface area contributed by atoms with Crippen LogP contribution in [0.1, 0.15) is 80.9 Å². The van der Waals surface area contributed by atoms with E-state index in [4.69, 9.17) is 0 Å². The molecule has 0 bridgehead atoms. The minimum absolute atomic E-state index is 0.0311. The van der Waals surface area contributed by atoms with Crippen LogP contribution in [0.5, 0.6) is 0 Å². The summed E-state index contributed by atoms with van der Waals surface area (Å²) >= 11 is 0. The van der Waals surface area contributed by atoms with E-state index in [0.29, 0.717) is 5.92 Å². The minimum atomic E-state index is -4.46. The first-order chi connectivity index (χ1) is 15.0. The lowest BCUT2D eigenvalue weighted by atomic mass is 9.71. The Morgan fingerprint density at radius 1 is 1.09 bits per heavy atom. The van der Waals surface area contributed by atoms with Crippen LogP contribution in [0.3, 0.4) is 0 Å². The number of rotatable bonds is 3. The highest BCUT2D eigenvalue weighted by Crippen LogP contribution is 2.44. The van der Waals surface area contributed by atoms with Gasteiger partial charge in [0.2, 0.25) is 0 Å². The maximum absolute atomic E-state index is 13.8. The molecular weight excluding hydrogens is 417 g/mol. The number of hydrogen-bond donors (Lipinski definition) is 2. The molecule has 2 atom stereocenters. The van der Waals surface area contributed by atoms with Crippen molar-refractivity contribution in [1.29, 1.82) is 0 Å². The largest absolute Gasteiger partial charge is 0.410 e. The van der Waals surface area contributed by atoms with E-state index in [2.05, 4.69) is 36.5 Å². The first kappa shape index (κ1) is 22.7. The monoisotopic (exact) mass is 448 g/mol. The first-order valence-electron chi connectivity index (χ1n) is 11.3. The number of nitrogens with one attached hydrogen (secondary N) is 2. The van der Waals surface area contributed by atoms with E-state index in [1.54, 1.807) is 24.3 Å². The fourth-order valence-electron chi connectivity index (χ4n) is 5.00. The van der Waals surface area contributed by atoms with Crippen LogP contribution in [0, 0.1) is 11.3 Å². The number of aromatic nitrogens is 2. The molecule has 8 heteroatoms. The Morgan fingerprint density at radius 2 is 1.75 bits per heavy atom. The second kappa shape index (κ2) is 8.45. The molecule has 1 aliphatic heterocycles. The fourth-order valence-corrected chi connectivity index (χ4v) is 5.00. The molecule has 5 nitrogen and oxygen atoms in total. The van der Waals surface area contributed by atoms with Gasteiger partial charge in [-0.05, 0) is 42.6 Å². The van der Waals surface area contributed by atoms with Crippen molar-refractivity contribution in [3.8, 4) is 0 Å². The highest BCUT2D eigenvalue weighted by molar-refractivity contribution is 5.99. The highest BCUT2D eigenvalue weighted by atomic mass is 19.4. The van der Waals surface area contributed by atoms with Crippen molar-refractivity contribution in [2.75, 3.05) is 5.32 Å². The molecule has 2 aliphatic rings. The van der Waals surface area contributed by atoms with Gasteiger partial charge in [-0.1, -0.05) is 51.1 Å². The molecule has 0 saturated heterocycles. The van der Waals surface area contributed by atoms with Gasteiger partial charge < -0.3 is 10.6 Å². The molecule has 1 amide bonds. The Morgan fingerprint density at radius 3 is 2.34 bits per heavy atom. The molecule has 0 spiro atoms. The molecule has 174 valence electrons. The molecule has 1 aliphatic carbocycles. The first-order valence-corrected chi connectivity index (χ1v) is 11.3. The van der Waals surface area contributed by atoms with Gasteiger partial charge >= 0.3 is 6.18 Å². The third-order valence-corrected chi connectivity index (χ3v) is 6.97. The van der Waals surface area contributed by atoms with Gasteiger partial charge in [0.15, 0.2) is 6.04 Å². The number of alkyl halides is 3. The number of nitrogens with zero attached hydrogens (tertiary/aromatic N) is 2. The maximum Gasteiger partial charge on any atom is 0.410 e. The lowest BCUT2D eigenvalue weighted by Crippen LogP contribution is -2.40. The summed E-state index contributed by atoms with van der Waals surface area (Å²) in [5, 5.41) is 10.2. The molecule has 2 aromatic rings. The predicted molar refractivity (Wildman–Crippen MR) is 117 cm³/mol. The molecule has 32 heavy (non-hydrogen) atoms. The molecule has 1 aromatic heterocycles. The minimum Gasteiger partial charge on any atom is -0.363 e. The summed E-state index contributed by atoms with van der Waals surface area (Å²) in [6.45, 7) is 6.71. The number of carbonyl (C=O) groups is 1. The lowest BCUT2D eigenvalue weighted by Gasteiger charge is -2.37. The van der Waals surface area contributed by atoms with E-state index in [-0.39, 0.29) is 35.2 Å². The zero-order valence-corrected chi connectivity index (χ0v) is 18.7. The Bertz CT molecular complexity index is 940. The molecule has 2 unspecified atom stereocenters. The Balaban J connectivity index is 1.53. The normalized spacial score (nSPS) is 26.2. The second-order valence-corrected chi connectivity index (χ2v) is 10.1. The number of benzene rings is 1. The summed E-state index contributed by atoms with van der Waals surface area (Å²) in [6, 6.07) is 6.71. The molecule has 1 fully saturated rings. The molecule has 1 saturated carbocycles. The van der Waals surface area contributed by atoms with Crippen molar-refractivity contribution in [1.82, 2.24) is 15.1 Å². The maximum atomic E-state index is 13.8. The zero-order chi connectivity index (χ0) is 23.1. The lowest BCUT2D eigenvalue weighted by molar-refractivity contribution is -0.173. The predicted octanol–water partition coefficient (Wildman–Crippen LogP) is 5.88. The van der Waals surface area contributed by atoms with Crippen molar-refractivity contribution in [2.45, 2.75) is 77.2 Å². The van der Waals surface area contributed by atoms with Crippen molar-refractivity contribution < 1.29 is 18.0 Å². The zero-order valence-electron chi connectivity index (χ0n) is 18.7. The number of fused-ring (bicyclic) bond motifs is 1. The van der Waals surface area contributed by atoms with Crippen molar-refractivity contribution >= 4 is 11.7 Å². The number of anilines is 1. The van der Waals surface area contributed by atoms with Gasteiger partial charge in [-0.25, -0.2) is 4.68 Å². The van der Waals surface area contributed by atoms with Crippen molar-refractivity contribution in [2.24, 2.45) is 11.3 Å². The molecule has 0 radical (unpaired) electrons. The average Bonchev–Trinajstić information content (AvgIpc) is 3.17. The van der Waals surface area contributed by atoms with E-state index in [0.717, 1.165) is 35.9 Å². The van der Waals surface area contributed by atoms with Crippen LogP contribution in [0.15, 0.2) is 36.5 Å². The smallest absolute Gasteiger partial charge is 0.363 e. The van der Waals surface area contributed by atoms with Crippen LogP contribution in [-0.2, 0) is 0 Å². The molecular formula is C24H31F3N4O. The Kier molecular flexibility index (Phi) is 5.98. The topological polar surface area (TPSA) is 59.0 Å². The molecule has 2 N–H and O–H groups in total. The highest BCUT2D eigenvalue weighted by Gasteiger charge is 2.47. The summed E-state index contributed by atoms with van der Waals surface area (Å²) in [5.41, 5.74) is 1.15. The van der Waals surface area contributed by atoms with Crippen LogP contribution in [0.25, 0.3) is 0 Å². The van der Waals surface area contributed by atoms with Gasteiger partial charge in [0.25, 0.3) is 5.91 Å². The third-order valence-electron chi connectivity index (χ3n) is 6.97. The van der Waals surface area contributed by atoms with Crippen LogP contribution < -0.4 is 10.6 Å². The van der Waals surface area contributed by atoms with Gasteiger partial charge in [0.05, 0.1) is 12.2 Å². The summed E-state index contributed by atoms with van der Waals surface area (Å²) in [5.74, 6) is 0.376. The van der Waals surface area contributed by atoms with E-state index in [1.807, 2.05) is 6.07 Å². The van der Waals surface area contributed by atoms with Crippen molar-refractivity contribution in [3.63, 3.8) is 0 Å². The standard InChI is InChI=1S/C24H31F3N4O/c1-23(2,3)16-9-11-17(12-10-16)29-22(32)18-14-28-31-20(24(25,26)27)13-19(30-21(18)31)15-7-5-4-6-8-15/h4-8,14,16-17,19-20,30H,9-13H2,1-3H3,(H,29,32). The SMILES string of the molecule is CC(C)(C)C1CCC(NC(=O)c2cnn3c2NC(c2ccccc2)CC3C(F)(F)F)CC1. The number of hydrogen-bond acceptors (Lipinski definition) is 3. The average molecular weight is 449 g/mol. The van der Waals surface area contributed by atoms with E-state index in [9.17, 15) is 18.0 Å².